The molecular weight excluding hydrogens is 342 g/mol. The fourth-order valence-electron chi connectivity index (χ4n) is 3.65. The predicted octanol–water partition coefficient (Wildman–Crippen LogP) is 4.76. The van der Waals surface area contributed by atoms with Gasteiger partial charge < -0.3 is 9.53 Å². The fraction of sp³-hybridized carbons (Fsp3) is 0.667. The third kappa shape index (κ3) is 4.75. The van der Waals surface area contributed by atoms with Crippen LogP contribution in [0.3, 0.4) is 0 Å². The van der Waals surface area contributed by atoms with Crippen LogP contribution in [-0.4, -0.2) is 43.0 Å². The van der Waals surface area contributed by atoms with Gasteiger partial charge in [0.05, 0.1) is 12.0 Å². The van der Waals surface area contributed by atoms with Crippen molar-refractivity contribution in [3.63, 3.8) is 0 Å². The molecular formula is C21H35NO3Si. The predicted molar refractivity (Wildman–Crippen MR) is 109 cm³/mol. The van der Waals surface area contributed by atoms with E-state index in [1.165, 1.54) is 5.56 Å². The Bertz CT molecular complexity index is 597. The Kier molecular flexibility index (Phi) is 6.69. The van der Waals surface area contributed by atoms with Crippen molar-refractivity contribution in [2.75, 3.05) is 6.54 Å². The maximum absolute atomic E-state index is 12.2. The Labute approximate surface area is 159 Å². The van der Waals surface area contributed by atoms with Crippen LogP contribution in [0.25, 0.3) is 0 Å². The number of likely N-dealkylation sites (tertiary alicyclic amines) is 1. The highest BCUT2D eigenvalue weighted by Gasteiger charge is 2.47. The van der Waals surface area contributed by atoms with Gasteiger partial charge >= 0.3 is 5.97 Å². The van der Waals surface area contributed by atoms with Crippen LogP contribution in [0.2, 0.25) is 18.1 Å². The second-order valence-corrected chi connectivity index (χ2v) is 13.8. The molecule has 0 aromatic heterocycles. The van der Waals surface area contributed by atoms with Crippen molar-refractivity contribution in [3.05, 3.63) is 35.9 Å². The second kappa shape index (κ2) is 8.24. The Morgan fingerprint density at radius 1 is 1.27 bits per heavy atom. The first-order valence-electron chi connectivity index (χ1n) is 9.75. The van der Waals surface area contributed by atoms with E-state index in [0.717, 1.165) is 25.9 Å². The Balaban J connectivity index is 2.21. The molecule has 0 radical (unpaired) electrons. The first-order chi connectivity index (χ1) is 12.1. The molecule has 1 aliphatic rings. The minimum Gasteiger partial charge on any atom is -0.481 e. The second-order valence-electron chi connectivity index (χ2n) is 9.00. The number of rotatable bonds is 6. The van der Waals surface area contributed by atoms with Gasteiger partial charge in [-0.3, -0.25) is 9.69 Å². The molecule has 1 saturated heterocycles. The van der Waals surface area contributed by atoms with E-state index in [2.05, 4.69) is 57.8 Å². The normalized spacial score (nSPS) is 25.2. The van der Waals surface area contributed by atoms with Crippen molar-refractivity contribution in [1.29, 1.82) is 0 Å². The topological polar surface area (TPSA) is 49.8 Å². The smallest absolute Gasteiger partial charge is 0.310 e. The summed E-state index contributed by atoms with van der Waals surface area (Å²) in [7, 11) is -2.00. The van der Waals surface area contributed by atoms with Crippen LogP contribution >= 0.6 is 0 Å². The highest BCUT2D eigenvalue weighted by Crippen LogP contribution is 2.40. The number of aliphatic carboxylic acids is 1. The summed E-state index contributed by atoms with van der Waals surface area (Å²) >= 11 is 0. The molecule has 1 aliphatic heterocycles. The molecule has 1 aromatic carbocycles. The van der Waals surface area contributed by atoms with Crippen LogP contribution in [-0.2, 0) is 15.8 Å². The molecule has 26 heavy (non-hydrogen) atoms. The van der Waals surface area contributed by atoms with Crippen LogP contribution in [0.4, 0.5) is 0 Å². The van der Waals surface area contributed by atoms with Gasteiger partial charge in [-0.1, -0.05) is 58.0 Å². The van der Waals surface area contributed by atoms with Gasteiger partial charge in [-0.05, 0) is 36.5 Å². The lowest BCUT2D eigenvalue weighted by Gasteiger charge is -2.47. The minimum absolute atomic E-state index is 0.0104. The van der Waals surface area contributed by atoms with Crippen molar-refractivity contribution >= 4 is 14.3 Å². The summed E-state index contributed by atoms with van der Waals surface area (Å²) in [5, 5.41) is 10.1. The number of piperidine rings is 1. The van der Waals surface area contributed by atoms with E-state index < -0.39 is 20.2 Å². The largest absolute Gasteiger partial charge is 0.481 e. The number of carboxylic acid groups (broad SMARTS) is 1. The van der Waals surface area contributed by atoms with E-state index >= 15 is 0 Å². The van der Waals surface area contributed by atoms with Crippen LogP contribution in [0, 0.1) is 5.92 Å². The van der Waals surface area contributed by atoms with E-state index in [0.29, 0.717) is 0 Å². The molecule has 1 fully saturated rings. The summed E-state index contributed by atoms with van der Waals surface area (Å²) in [6.45, 7) is 14.8. The molecule has 0 bridgehead atoms. The summed E-state index contributed by atoms with van der Waals surface area (Å²) in [4.78, 5) is 14.5. The quantitative estimate of drug-likeness (QED) is 0.726. The molecule has 1 N–H and O–H groups in total. The van der Waals surface area contributed by atoms with E-state index in [1.807, 2.05) is 18.2 Å². The van der Waals surface area contributed by atoms with Crippen LogP contribution < -0.4 is 0 Å². The summed E-state index contributed by atoms with van der Waals surface area (Å²) in [5.74, 6) is -1.19. The molecule has 0 amide bonds. The highest BCUT2D eigenvalue weighted by molar-refractivity contribution is 6.74. The number of carboxylic acids is 1. The van der Waals surface area contributed by atoms with Crippen molar-refractivity contribution < 1.29 is 14.3 Å². The zero-order valence-corrected chi connectivity index (χ0v) is 18.2. The van der Waals surface area contributed by atoms with E-state index in [9.17, 15) is 9.90 Å². The molecule has 2 rings (SSSR count). The maximum Gasteiger partial charge on any atom is 0.310 e. The Morgan fingerprint density at radius 3 is 2.38 bits per heavy atom. The van der Waals surface area contributed by atoms with Crippen LogP contribution in [0.5, 0.6) is 0 Å². The van der Waals surface area contributed by atoms with Crippen molar-refractivity contribution in [2.24, 2.45) is 5.92 Å². The lowest BCUT2D eigenvalue weighted by molar-refractivity contribution is -0.152. The number of benzene rings is 1. The summed E-state index contributed by atoms with van der Waals surface area (Å²) in [5.41, 5.74) is 1.24. The number of nitrogens with zero attached hydrogens (tertiary/aromatic N) is 1. The molecule has 0 aliphatic carbocycles. The van der Waals surface area contributed by atoms with Gasteiger partial charge in [-0.25, -0.2) is 0 Å². The van der Waals surface area contributed by atoms with Gasteiger partial charge in [0.15, 0.2) is 8.32 Å². The third-order valence-electron chi connectivity index (χ3n) is 6.17. The van der Waals surface area contributed by atoms with Crippen LogP contribution in [0.1, 0.15) is 46.1 Å². The van der Waals surface area contributed by atoms with Gasteiger partial charge in [0.2, 0.25) is 0 Å². The summed E-state index contributed by atoms with van der Waals surface area (Å²) in [6.07, 6.45) is 1.42. The molecule has 5 heteroatoms. The molecule has 0 spiro atoms. The Morgan fingerprint density at radius 2 is 1.88 bits per heavy atom. The van der Waals surface area contributed by atoms with Gasteiger partial charge in [-0.2, -0.15) is 0 Å². The monoisotopic (exact) mass is 377 g/mol. The van der Waals surface area contributed by atoms with E-state index in [4.69, 9.17) is 4.43 Å². The lowest BCUT2D eigenvalue weighted by atomic mass is 9.85. The Hall–Kier alpha value is -1.17. The summed E-state index contributed by atoms with van der Waals surface area (Å²) < 4.78 is 6.58. The number of hydrogen-bond donors (Lipinski definition) is 1. The molecule has 0 saturated carbocycles. The highest BCUT2D eigenvalue weighted by atomic mass is 28.4. The minimum atomic E-state index is -2.00. The van der Waals surface area contributed by atoms with E-state index in [-0.39, 0.29) is 17.2 Å². The van der Waals surface area contributed by atoms with Gasteiger partial charge in [0, 0.05) is 19.1 Å². The van der Waals surface area contributed by atoms with Gasteiger partial charge in [0.25, 0.3) is 0 Å². The van der Waals surface area contributed by atoms with Crippen molar-refractivity contribution in [3.8, 4) is 0 Å². The number of carbonyl (C=O) groups is 1. The summed E-state index contributed by atoms with van der Waals surface area (Å²) in [6, 6.07) is 10.3. The first-order valence-corrected chi connectivity index (χ1v) is 12.7. The third-order valence-corrected chi connectivity index (χ3v) is 10.7. The van der Waals surface area contributed by atoms with Gasteiger partial charge in [0.1, 0.15) is 0 Å². The van der Waals surface area contributed by atoms with Crippen molar-refractivity contribution in [2.45, 2.75) is 77.4 Å². The molecule has 4 nitrogen and oxygen atoms in total. The molecule has 1 aromatic rings. The lowest BCUT2D eigenvalue weighted by Crippen LogP contribution is -2.57. The van der Waals surface area contributed by atoms with Crippen LogP contribution in [0.15, 0.2) is 30.3 Å². The zero-order valence-electron chi connectivity index (χ0n) is 17.2. The average Bonchev–Trinajstić information content (AvgIpc) is 2.55. The molecule has 3 unspecified atom stereocenters. The zero-order chi connectivity index (χ0) is 19.5. The van der Waals surface area contributed by atoms with Gasteiger partial charge in [-0.15, -0.1) is 0 Å². The average molecular weight is 378 g/mol. The molecule has 1 heterocycles. The number of hydrogen-bond acceptors (Lipinski definition) is 3. The molecule has 3 atom stereocenters. The fourth-order valence-corrected chi connectivity index (χ4v) is 5.03. The standard InChI is InChI=1S/C21H35NO3Si/c1-7-17-19(20(23)24)18(25-26(5,6)21(2,3)4)13-14-22(17)15-16-11-9-8-10-12-16/h8-12,17-19H,7,13-15H2,1-6H3,(H,23,24). The SMILES string of the molecule is CCC1C(C(=O)O)C(O[Si](C)(C)C(C)(C)C)CCN1Cc1ccccc1. The first kappa shape index (κ1) is 21.1. The maximum atomic E-state index is 12.2. The molecule has 146 valence electrons. The van der Waals surface area contributed by atoms with Crippen molar-refractivity contribution in [1.82, 2.24) is 4.90 Å². The van der Waals surface area contributed by atoms with E-state index in [1.54, 1.807) is 0 Å².